The number of alkyl halides is 3. The van der Waals surface area contributed by atoms with Gasteiger partial charge in [0.05, 0.1) is 11.1 Å². The molecule has 1 amide bonds. The Hall–Kier alpha value is -1.63. The fourth-order valence-corrected chi connectivity index (χ4v) is 1.35. The van der Waals surface area contributed by atoms with Crippen molar-refractivity contribution in [2.24, 2.45) is 5.73 Å². The highest BCUT2D eigenvalue weighted by Gasteiger charge is 2.36. The van der Waals surface area contributed by atoms with Gasteiger partial charge in [0.15, 0.2) is 0 Å². The molecule has 0 aliphatic heterocycles. The number of nitrogens with one attached hydrogen (secondary N) is 1. The molecule has 0 heterocycles. The van der Waals surface area contributed by atoms with E-state index in [4.69, 9.17) is 5.73 Å². The Bertz CT molecular complexity index is 483. The number of hydrogen-bond acceptors (Lipinski definition) is 2. The predicted molar refractivity (Wildman–Crippen MR) is 62.0 cm³/mol. The smallest absolute Gasteiger partial charge is 0.346 e. The Morgan fingerprint density at radius 2 is 1.89 bits per heavy atom. The van der Waals surface area contributed by atoms with Crippen molar-refractivity contribution in [3.8, 4) is 0 Å². The van der Waals surface area contributed by atoms with Crippen molar-refractivity contribution in [2.75, 3.05) is 6.54 Å². The van der Waals surface area contributed by atoms with Crippen molar-refractivity contribution in [3.63, 3.8) is 0 Å². The molecule has 0 unspecified atom stereocenters. The Morgan fingerprint density at radius 1 is 1.32 bits per heavy atom. The molecule has 0 bridgehead atoms. The maximum Gasteiger partial charge on any atom is 0.419 e. The second-order valence-corrected chi connectivity index (χ2v) is 4.71. The zero-order chi connectivity index (χ0) is 14.8. The lowest BCUT2D eigenvalue weighted by atomic mass is 10.0. The molecule has 1 rings (SSSR count). The molecule has 3 N–H and O–H groups in total. The first-order valence-electron chi connectivity index (χ1n) is 5.47. The van der Waals surface area contributed by atoms with Crippen LogP contribution in [0.25, 0.3) is 0 Å². The van der Waals surface area contributed by atoms with Crippen LogP contribution in [0, 0.1) is 5.82 Å². The highest BCUT2D eigenvalue weighted by molar-refractivity contribution is 5.95. The normalized spacial score (nSPS) is 12.4. The van der Waals surface area contributed by atoms with Crippen molar-refractivity contribution < 1.29 is 22.4 Å². The molecule has 1 aromatic rings. The third-order valence-corrected chi connectivity index (χ3v) is 2.51. The van der Waals surface area contributed by atoms with E-state index in [0.29, 0.717) is 6.07 Å². The van der Waals surface area contributed by atoms with Gasteiger partial charge in [0.1, 0.15) is 5.82 Å². The van der Waals surface area contributed by atoms with Gasteiger partial charge in [-0.1, -0.05) is 6.07 Å². The molecular formula is C12H14F4N2O. The Morgan fingerprint density at radius 3 is 2.37 bits per heavy atom. The van der Waals surface area contributed by atoms with Gasteiger partial charge in [0, 0.05) is 12.1 Å². The van der Waals surface area contributed by atoms with Gasteiger partial charge in [-0.2, -0.15) is 13.2 Å². The van der Waals surface area contributed by atoms with Gasteiger partial charge in [0.2, 0.25) is 0 Å². The molecule has 106 valence electrons. The summed E-state index contributed by atoms with van der Waals surface area (Å²) in [7, 11) is 0. The topological polar surface area (TPSA) is 55.1 Å². The van der Waals surface area contributed by atoms with Crippen molar-refractivity contribution in [2.45, 2.75) is 25.6 Å². The van der Waals surface area contributed by atoms with Crippen LogP contribution < -0.4 is 11.1 Å². The van der Waals surface area contributed by atoms with Crippen LogP contribution >= 0.6 is 0 Å². The number of benzene rings is 1. The van der Waals surface area contributed by atoms with E-state index < -0.39 is 34.6 Å². The van der Waals surface area contributed by atoms with E-state index in [0.717, 1.165) is 12.1 Å². The SMILES string of the molecule is CC(C)(CN)NC(=O)c1cccc(C(F)(F)F)c1F. The van der Waals surface area contributed by atoms with Gasteiger partial charge in [-0.05, 0) is 26.0 Å². The highest BCUT2D eigenvalue weighted by atomic mass is 19.4. The summed E-state index contributed by atoms with van der Waals surface area (Å²) in [5.74, 6) is -2.51. The summed E-state index contributed by atoms with van der Waals surface area (Å²) in [6.45, 7) is 3.23. The van der Waals surface area contributed by atoms with Gasteiger partial charge in [0.25, 0.3) is 5.91 Å². The van der Waals surface area contributed by atoms with Crippen molar-refractivity contribution in [3.05, 3.63) is 35.1 Å². The number of hydrogen-bond donors (Lipinski definition) is 2. The molecule has 0 aliphatic rings. The average molecular weight is 278 g/mol. The van der Waals surface area contributed by atoms with E-state index in [1.165, 1.54) is 0 Å². The van der Waals surface area contributed by atoms with Crippen molar-refractivity contribution in [1.82, 2.24) is 5.32 Å². The van der Waals surface area contributed by atoms with E-state index in [1.807, 2.05) is 0 Å². The van der Waals surface area contributed by atoms with E-state index in [2.05, 4.69) is 5.32 Å². The minimum atomic E-state index is -4.84. The maximum atomic E-state index is 13.7. The third kappa shape index (κ3) is 3.66. The lowest BCUT2D eigenvalue weighted by Crippen LogP contribution is -2.49. The first-order chi connectivity index (χ1) is 8.58. The molecule has 0 aliphatic carbocycles. The third-order valence-electron chi connectivity index (χ3n) is 2.51. The number of nitrogens with two attached hydrogens (primary N) is 1. The number of rotatable bonds is 3. The van der Waals surface area contributed by atoms with Crippen LogP contribution in [-0.2, 0) is 6.18 Å². The van der Waals surface area contributed by atoms with Crippen LogP contribution in [-0.4, -0.2) is 18.0 Å². The second kappa shape index (κ2) is 5.16. The average Bonchev–Trinajstić information content (AvgIpc) is 2.27. The van der Waals surface area contributed by atoms with E-state index in [9.17, 15) is 22.4 Å². The Labute approximate surface area is 107 Å². The fourth-order valence-electron chi connectivity index (χ4n) is 1.35. The standard InChI is InChI=1S/C12H14F4N2O/c1-11(2,6-17)18-10(19)7-4-3-5-8(9(7)13)12(14,15)16/h3-5H,6,17H2,1-2H3,(H,18,19). The number of carbonyl (C=O) groups excluding carboxylic acids is 1. The van der Waals surface area contributed by atoms with Gasteiger partial charge < -0.3 is 11.1 Å². The summed E-state index contributed by atoms with van der Waals surface area (Å²) in [5, 5.41) is 2.37. The molecule has 1 aromatic carbocycles. The molecule has 0 spiro atoms. The fraction of sp³-hybridized carbons (Fsp3) is 0.417. The van der Waals surface area contributed by atoms with Crippen molar-refractivity contribution in [1.29, 1.82) is 0 Å². The molecule has 0 radical (unpaired) electrons. The quantitative estimate of drug-likeness (QED) is 0.834. The number of amides is 1. The van der Waals surface area contributed by atoms with Crippen LogP contribution in [0.3, 0.4) is 0 Å². The number of halogens is 4. The maximum absolute atomic E-state index is 13.7. The van der Waals surface area contributed by atoms with Crippen LogP contribution in [0.15, 0.2) is 18.2 Å². The molecular weight excluding hydrogens is 264 g/mol. The molecule has 0 aromatic heterocycles. The molecule has 19 heavy (non-hydrogen) atoms. The van der Waals surface area contributed by atoms with Crippen LogP contribution in [0.4, 0.5) is 17.6 Å². The summed E-state index contributed by atoms with van der Waals surface area (Å²) in [6, 6.07) is 2.56. The van der Waals surface area contributed by atoms with Crippen LogP contribution in [0.5, 0.6) is 0 Å². The minimum absolute atomic E-state index is 0.0688. The van der Waals surface area contributed by atoms with Gasteiger partial charge >= 0.3 is 6.18 Å². The van der Waals surface area contributed by atoms with Crippen LogP contribution in [0.2, 0.25) is 0 Å². The summed E-state index contributed by atoms with van der Waals surface area (Å²) in [4.78, 5) is 11.7. The summed E-state index contributed by atoms with van der Waals surface area (Å²) >= 11 is 0. The Kier molecular flexibility index (Phi) is 4.19. The zero-order valence-electron chi connectivity index (χ0n) is 10.4. The largest absolute Gasteiger partial charge is 0.419 e. The molecule has 7 heteroatoms. The lowest BCUT2D eigenvalue weighted by molar-refractivity contribution is -0.140. The predicted octanol–water partition coefficient (Wildman–Crippen LogP) is 2.31. The van der Waals surface area contributed by atoms with E-state index in [1.54, 1.807) is 13.8 Å². The molecule has 0 saturated heterocycles. The summed E-state index contributed by atoms with van der Waals surface area (Å²) in [5.41, 5.74) is 2.42. The monoisotopic (exact) mass is 278 g/mol. The lowest BCUT2D eigenvalue weighted by Gasteiger charge is -2.24. The zero-order valence-corrected chi connectivity index (χ0v) is 10.4. The molecule has 0 saturated carbocycles. The Balaban J connectivity index is 3.13. The first kappa shape index (κ1) is 15.4. The van der Waals surface area contributed by atoms with E-state index in [-0.39, 0.29) is 6.54 Å². The summed E-state index contributed by atoms with van der Waals surface area (Å²) in [6.07, 6.45) is -4.84. The second-order valence-electron chi connectivity index (χ2n) is 4.71. The first-order valence-corrected chi connectivity index (χ1v) is 5.47. The highest BCUT2D eigenvalue weighted by Crippen LogP contribution is 2.32. The molecule has 0 atom stereocenters. The van der Waals surface area contributed by atoms with Gasteiger partial charge in [-0.15, -0.1) is 0 Å². The van der Waals surface area contributed by atoms with Gasteiger partial charge in [-0.3, -0.25) is 4.79 Å². The molecule has 3 nitrogen and oxygen atoms in total. The van der Waals surface area contributed by atoms with Gasteiger partial charge in [-0.25, -0.2) is 4.39 Å². The summed E-state index contributed by atoms with van der Waals surface area (Å²) < 4.78 is 51.2. The minimum Gasteiger partial charge on any atom is -0.346 e. The van der Waals surface area contributed by atoms with Crippen molar-refractivity contribution >= 4 is 5.91 Å². The van der Waals surface area contributed by atoms with Crippen LogP contribution in [0.1, 0.15) is 29.8 Å². The number of carbonyl (C=O) groups is 1. The molecule has 0 fully saturated rings. The van der Waals surface area contributed by atoms with E-state index >= 15 is 0 Å².